The number of aromatic nitrogens is 1. The highest BCUT2D eigenvalue weighted by molar-refractivity contribution is 7.18. The smallest absolute Gasteiger partial charge is 0.306 e. The molecule has 140 valence electrons. The minimum atomic E-state index is -0.357. The van der Waals surface area contributed by atoms with Crippen molar-refractivity contribution in [2.75, 3.05) is 6.61 Å². The van der Waals surface area contributed by atoms with Crippen LogP contribution in [0.25, 0.3) is 10.2 Å². The number of nitrogens with one attached hydrogen (secondary N) is 1. The molecule has 0 saturated heterocycles. The second kappa shape index (κ2) is 8.62. The van der Waals surface area contributed by atoms with Gasteiger partial charge in [0.05, 0.1) is 21.6 Å². The molecule has 0 bridgehead atoms. The summed E-state index contributed by atoms with van der Waals surface area (Å²) in [6, 6.07) is 8.10. The zero-order valence-corrected chi connectivity index (χ0v) is 16.2. The van der Waals surface area contributed by atoms with Crippen LogP contribution in [0.1, 0.15) is 44.5 Å². The normalized spacial score (nSPS) is 22.9. The molecule has 3 rings (SSSR count). The summed E-state index contributed by atoms with van der Waals surface area (Å²) in [6.07, 6.45) is 4.14. The number of ether oxygens (including phenoxy) is 1. The van der Waals surface area contributed by atoms with Crippen LogP contribution >= 0.6 is 11.3 Å². The highest BCUT2D eigenvalue weighted by Gasteiger charge is 2.28. The third-order valence-electron chi connectivity index (χ3n) is 5.30. The molecule has 1 aromatic heterocycles. The van der Waals surface area contributed by atoms with Crippen LogP contribution in [0.4, 0.5) is 0 Å². The lowest BCUT2D eigenvalue weighted by atomic mass is 9.78. The zero-order chi connectivity index (χ0) is 18.5. The molecule has 0 radical (unpaired) electrons. The highest BCUT2D eigenvalue weighted by Crippen LogP contribution is 2.29. The SMILES string of the molecule is C[C@@H]1[C@H](C)CCC[C@@H]1NC(=O)COC(=O)CCc1nc2ccccc2s1. The maximum Gasteiger partial charge on any atom is 0.306 e. The molecule has 0 unspecified atom stereocenters. The van der Waals surface area contributed by atoms with Gasteiger partial charge in [-0.1, -0.05) is 38.8 Å². The Kier molecular flexibility index (Phi) is 6.25. The van der Waals surface area contributed by atoms with Crippen molar-refractivity contribution >= 4 is 33.4 Å². The first kappa shape index (κ1) is 18.8. The number of hydrogen-bond acceptors (Lipinski definition) is 5. The number of amides is 1. The predicted octanol–water partition coefficient (Wildman–Crippen LogP) is 3.71. The monoisotopic (exact) mass is 374 g/mol. The molecule has 1 N–H and O–H groups in total. The van der Waals surface area contributed by atoms with E-state index >= 15 is 0 Å². The van der Waals surface area contributed by atoms with Crippen molar-refractivity contribution in [3.8, 4) is 0 Å². The van der Waals surface area contributed by atoms with E-state index in [1.807, 2.05) is 24.3 Å². The van der Waals surface area contributed by atoms with E-state index in [0.29, 0.717) is 18.3 Å². The molecule has 1 aliphatic carbocycles. The molecule has 0 spiro atoms. The first-order chi connectivity index (χ1) is 12.5. The number of fused-ring (bicyclic) bond motifs is 1. The van der Waals surface area contributed by atoms with Crippen molar-refractivity contribution in [1.82, 2.24) is 10.3 Å². The fourth-order valence-corrected chi connectivity index (χ4v) is 4.46. The summed E-state index contributed by atoms with van der Waals surface area (Å²) in [5, 5.41) is 3.93. The number of carbonyl (C=O) groups excluding carboxylic acids is 2. The van der Waals surface area contributed by atoms with Gasteiger partial charge >= 0.3 is 5.97 Å². The molecular formula is C20H26N2O3S. The lowest BCUT2D eigenvalue weighted by Gasteiger charge is -2.34. The van der Waals surface area contributed by atoms with Gasteiger partial charge in [-0.25, -0.2) is 4.98 Å². The number of para-hydroxylation sites is 1. The quantitative estimate of drug-likeness (QED) is 0.783. The molecule has 26 heavy (non-hydrogen) atoms. The van der Waals surface area contributed by atoms with E-state index in [1.165, 1.54) is 6.42 Å². The van der Waals surface area contributed by atoms with E-state index in [9.17, 15) is 9.59 Å². The first-order valence-electron chi connectivity index (χ1n) is 9.32. The van der Waals surface area contributed by atoms with E-state index in [0.717, 1.165) is 28.1 Å². The summed E-state index contributed by atoms with van der Waals surface area (Å²) in [4.78, 5) is 28.5. The standard InChI is InChI=1S/C20H26N2O3S/c1-13-6-5-8-15(14(13)2)21-18(23)12-25-20(24)11-10-19-22-16-7-3-4-9-17(16)26-19/h3-4,7,9,13-15H,5-6,8,10-12H2,1-2H3,(H,21,23)/t13-,14-,15+/m1/s1. The summed E-state index contributed by atoms with van der Waals surface area (Å²) in [5.74, 6) is 0.515. The van der Waals surface area contributed by atoms with Crippen LogP contribution < -0.4 is 5.32 Å². The lowest BCUT2D eigenvalue weighted by molar-refractivity contribution is -0.148. The maximum atomic E-state index is 12.1. The number of esters is 1. The Morgan fingerprint density at radius 1 is 1.27 bits per heavy atom. The van der Waals surface area contributed by atoms with Gasteiger partial charge in [-0.05, 0) is 30.4 Å². The number of thiazole rings is 1. The summed E-state index contributed by atoms with van der Waals surface area (Å²) in [6.45, 7) is 4.21. The number of aryl methyl sites for hydroxylation is 1. The van der Waals surface area contributed by atoms with Crippen LogP contribution in [0.15, 0.2) is 24.3 Å². The molecule has 1 aromatic carbocycles. The van der Waals surface area contributed by atoms with Gasteiger partial charge in [0, 0.05) is 12.5 Å². The average Bonchev–Trinajstić information content (AvgIpc) is 3.05. The number of carbonyl (C=O) groups is 2. The molecule has 1 saturated carbocycles. The summed E-state index contributed by atoms with van der Waals surface area (Å²) in [7, 11) is 0. The van der Waals surface area contributed by atoms with Crippen molar-refractivity contribution in [2.45, 2.75) is 52.0 Å². The van der Waals surface area contributed by atoms with Crippen molar-refractivity contribution in [2.24, 2.45) is 11.8 Å². The second-order valence-corrected chi connectivity index (χ2v) is 8.29. The topological polar surface area (TPSA) is 68.3 Å². The second-order valence-electron chi connectivity index (χ2n) is 7.18. The van der Waals surface area contributed by atoms with Crippen molar-refractivity contribution in [3.63, 3.8) is 0 Å². The molecule has 2 aromatic rings. The average molecular weight is 375 g/mol. The van der Waals surface area contributed by atoms with Gasteiger partial charge in [0.1, 0.15) is 0 Å². The Bertz CT molecular complexity index is 740. The van der Waals surface area contributed by atoms with E-state index in [1.54, 1.807) is 11.3 Å². The van der Waals surface area contributed by atoms with E-state index in [4.69, 9.17) is 4.74 Å². The number of nitrogens with zero attached hydrogens (tertiary/aromatic N) is 1. The molecule has 6 heteroatoms. The van der Waals surface area contributed by atoms with Crippen molar-refractivity contribution < 1.29 is 14.3 Å². The Balaban J connectivity index is 1.40. The minimum Gasteiger partial charge on any atom is -0.456 e. The Labute approximate surface area is 158 Å². The Morgan fingerprint density at radius 3 is 2.88 bits per heavy atom. The molecule has 1 aliphatic rings. The van der Waals surface area contributed by atoms with Gasteiger partial charge in [0.15, 0.2) is 6.61 Å². The molecule has 1 amide bonds. The van der Waals surface area contributed by atoms with Crippen LogP contribution in [0.3, 0.4) is 0 Å². The molecule has 1 heterocycles. The molecule has 5 nitrogen and oxygen atoms in total. The fraction of sp³-hybridized carbons (Fsp3) is 0.550. The van der Waals surface area contributed by atoms with Gasteiger partial charge < -0.3 is 10.1 Å². The van der Waals surface area contributed by atoms with Gasteiger partial charge in [-0.15, -0.1) is 11.3 Å². The minimum absolute atomic E-state index is 0.188. The number of rotatable bonds is 6. The molecule has 3 atom stereocenters. The Hall–Kier alpha value is -1.95. The highest BCUT2D eigenvalue weighted by atomic mass is 32.1. The van der Waals surface area contributed by atoms with Crippen LogP contribution in [0.2, 0.25) is 0 Å². The third-order valence-corrected chi connectivity index (χ3v) is 6.39. The van der Waals surface area contributed by atoms with Gasteiger partial charge in [0.2, 0.25) is 0 Å². The summed E-state index contributed by atoms with van der Waals surface area (Å²) in [5.41, 5.74) is 0.955. The van der Waals surface area contributed by atoms with Crippen LogP contribution in [-0.4, -0.2) is 29.5 Å². The van der Waals surface area contributed by atoms with Crippen molar-refractivity contribution in [1.29, 1.82) is 0 Å². The zero-order valence-electron chi connectivity index (χ0n) is 15.4. The van der Waals surface area contributed by atoms with E-state index in [-0.39, 0.29) is 30.9 Å². The molecular weight excluding hydrogens is 348 g/mol. The van der Waals surface area contributed by atoms with Crippen LogP contribution in [0.5, 0.6) is 0 Å². The van der Waals surface area contributed by atoms with Gasteiger partial charge in [-0.3, -0.25) is 9.59 Å². The summed E-state index contributed by atoms with van der Waals surface area (Å²) >= 11 is 1.59. The van der Waals surface area contributed by atoms with Gasteiger partial charge in [0.25, 0.3) is 5.91 Å². The predicted molar refractivity (Wildman–Crippen MR) is 103 cm³/mol. The molecule has 0 aliphatic heterocycles. The maximum absolute atomic E-state index is 12.1. The van der Waals surface area contributed by atoms with Crippen LogP contribution in [0, 0.1) is 11.8 Å². The van der Waals surface area contributed by atoms with Crippen LogP contribution in [-0.2, 0) is 20.7 Å². The first-order valence-corrected chi connectivity index (χ1v) is 10.1. The fourth-order valence-electron chi connectivity index (χ4n) is 3.49. The van der Waals surface area contributed by atoms with Crippen molar-refractivity contribution in [3.05, 3.63) is 29.3 Å². The number of benzene rings is 1. The van der Waals surface area contributed by atoms with E-state index in [2.05, 4.69) is 24.1 Å². The third kappa shape index (κ3) is 4.81. The largest absolute Gasteiger partial charge is 0.456 e. The number of hydrogen-bond donors (Lipinski definition) is 1. The van der Waals surface area contributed by atoms with Gasteiger partial charge in [-0.2, -0.15) is 0 Å². The summed E-state index contributed by atoms with van der Waals surface area (Å²) < 4.78 is 6.25. The molecule has 1 fully saturated rings. The Morgan fingerprint density at radius 2 is 2.08 bits per heavy atom. The lowest BCUT2D eigenvalue weighted by Crippen LogP contribution is -2.45. The van der Waals surface area contributed by atoms with E-state index < -0.39 is 0 Å².